The highest BCUT2D eigenvalue weighted by atomic mass is 35.5. The summed E-state index contributed by atoms with van der Waals surface area (Å²) in [5, 5.41) is 5.28. The lowest BCUT2D eigenvalue weighted by Gasteiger charge is -2.14. The van der Waals surface area contributed by atoms with Gasteiger partial charge in [-0.2, -0.15) is 0 Å². The Hall–Kier alpha value is -2.66. The number of carbonyl (C=O) groups is 1. The van der Waals surface area contributed by atoms with E-state index in [1.54, 1.807) is 47.8 Å². The van der Waals surface area contributed by atoms with Gasteiger partial charge in [0.1, 0.15) is 4.21 Å². The van der Waals surface area contributed by atoms with E-state index in [0.29, 0.717) is 10.7 Å². The van der Waals surface area contributed by atoms with Gasteiger partial charge in [-0.3, -0.25) is 20.4 Å². The number of hydrazine groups is 1. The normalized spacial score (nSPS) is 10.8. The maximum Gasteiger partial charge on any atom is 0.271 e. The van der Waals surface area contributed by atoms with Gasteiger partial charge >= 0.3 is 0 Å². The van der Waals surface area contributed by atoms with E-state index in [-0.39, 0.29) is 20.6 Å². The second-order valence-electron chi connectivity index (χ2n) is 5.62. The first kappa shape index (κ1) is 21.1. The largest absolute Gasteiger partial charge is 0.331 e. The van der Waals surface area contributed by atoms with E-state index in [1.807, 2.05) is 0 Å². The number of rotatable bonds is 5. The topological polar surface area (TPSA) is 99.3 Å². The van der Waals surface area contributed by atoms with Gasteiger partial charge in [0, 0.05) is 10.7 Å². The van der Waals surface area contributed by atoms with Crippen LogP contribution in [-0.2, 0) is 10.0 Å². The minimum absolute atomic E-state index is 0.134. The fraction of sp³-hybridized carbons (Fsp3) is 0. The van der Waals surface area contributed by atoms with Gasteiger partial charge in [-0.1, -0.05) is 29.8 Å². The van der Waals surface area contributed by atoms with Crippen molar-refractivity contribution < 1.29 is 13.2 Å². The van der Waals surface area contributed by atoms with Crippen LogP contribution in [0.1, 0.15) is 10.4 Å². The number of carbonyl (C=O) groups excluding carboxylic acids is 1. The van der Waals surface area contributed by atoms with Crippen LogP contribution in [0.5, 0.6) is 0 Å². The third-order valence-electron chi connectivity index (χ3n) is 3.57. The summed E-state index contributed by atoms with van der Waals surface area (Å²) in [4.78, 5) is 12.5. The summed E-state index contributed by atoms with van der Waals surface area (Å²) in [6.45, 7) is 0. The molecule has 150 valence electrons. The van der Waals surface area contributed by atoms with Crippen molar-refractivity contribution in [1.29, 1.82) is 0 Å². The van der Waals surface area contributed by atoms with Gasteiger partial charge in [0.25, 0.3) is 15.9 Å². The number of hydrogen-bond acceptors (Lipinski definition) is 5. The van der Waals surface area contributed by atoms with Crippen LogP contribution in [0.4, 0.5) is 11.4 Å². The van der Waals surface area contributed by atoms with Gasteiger partial charge in [-0.15, -0.1) is 11.3 Å². The smallest absolute Gasteiger partial charge is 0.271 e. The predicted molar refractivity (Wildman–Crippen MR) is 120 cm³/mol. The van der Waals surface area contributed by atoms with E-state index >= 15 is 0 Å². The number of thiocarbonyl (C=S) groups is 1. The fourth-order valence-electron chi connectivity index (χ4n) is 2.26. The minimum Gasteiger partial charge on any atom is -0.331 e. The zero-order valence-electron chi connectivity index (χ0n) is 14.7. The molecule has 1 amide bonds. The van der Waals surface area contributed by atoms with Crippen LogP contribution in [0.25, 0.3) is 0 Å². The van der Waals surface area contributed by atoms with Crippen LogP contribution in [0.2, 0.25) is 5.02 Å². The Labute approximate surface area is 182 Å². The van der Waals surface area contributed by atoms with Crippen molar-refractivity contribution in [2.45, 2.75) is 4.21 Å². The average Bonchev–Trinajstić information content (AvgIpc) is 3.24. The highest BCUT2D eigenvalue weighted by Crippen LogP contribution is 2.22. The van der Waals surface area contributed by atoms with Gasteiger partial charge in [0.05, 0.1) is 11.3 Å². The Bertz CT molecular complexity index is 1120. The maximum absolute atomic E-state index is 12.5. The molecule has 0 aliphatic carbocycles. The summed E-state index contributed by atoms with van der Waals surface area (Å²) < 4.78 is 27.5. The third kappa shape index (κ3) is 5.67. The summed E-state index contributed by atoms with van der Waals surface area (Å²) in [7, 11) is -3.78. The highest BCUT2D eigenvalue weighted by molar-refractivity contribution is 7.94. The van der Waals surface area contributed by atoms with Gasteiger partial charge < -0.3 is 5.32 Å². The number of amides is 1. The third-order valence-corrected chi connectivity index (χ3v) is 6.79. The molecular formula is C18H15ClN4O3S3. The Morgan fingerprint density at radius 1 is 0.966 bits per heavy atom. The monoisotopic (exact) mass is 466 g/mol. The van der Waals surface area contributed by atoms with Crippen molar-refractivity contribution in [2.24, 2.45) is 0 Å². The summed E-state index contributed by atoms with van der Waals surface area (Å²) in [6.07, 6.45) is 0. The molecular weight excluding hydrogens is 452 g/mol. The Balaban J connectivity index is 1.65. The van der Waals surface area contributed by atoms with Gasteiger partial charge in [0.2, 0.25) is 0 Å². The number of anilines is 2. The van der Waals surface area contributed by atoms with Gasteiger partial charge in [-0.25, -0.2) is 8.42 Å². The van der Waals surface area contributed by atoms with E-state index < -0.39 is 15.9 Å². The fourth-order valence-corrected chi connectivity index (χ4v) is 4.63. The minimum atomic E-state index is -3.78. The highest BCUT2D eigenvalue weighted by Gasteiger charge is 2.19. The first-order valence-electron chi connectivity index (χ1n) is 8.13. The number of thiophene rings is 1. The molecule has 0 fully saturated rings. The Kier molecular flexibility index (Phi) is 6.70. The second-order valence-corrected chi connectivity index (χ2v) is 9.32. The predicted octanol–water partition coefficient (Wildman–Crippen LogP) is 3.83. The second kappa shape index (κ2) is 9.23. The number of sulfonamides is 1. The maximum atomic E-state index is 12.5. The summed E-state index contributed by atoms with van der Waals surface area (Å²) in [5.41, 5.74) is 5.98. The Morgan fingerprint density at radius 2 is 1.69 bits per heavy atom. The number of para-hydroxylation sites is 1. The molecule has 0 aliphatic heterocycles. The lowest BCUT2D eigenvalue weighted by molar-refractivity contribution is 0.0945. The lowest BCUT2D eigenvalue weighted by atomic mass is 10.2. The van der Waals surface area contributed by atoms with Crippen LogP contribution in [0, 0.1) is 0 Å². The number of halogens is 1. The molecule has 7 nitrogen and oxygen atoms in total. The summed E-state index contributed by atoms with van der Waals surface area (Å²) in [5.74, 6) is -0.560. The molecule has 0 saturated carbocycles. The van der Waals surface area contributed by atoms with E-state index in [1.165, 1.54) is 18.2 Å². The van der Waals surface area contributed by atoms with Crippen molar-refractivity contribution in [2.75, 3.05) is 10.0 Å². The van der Waals surface area contributed by atoms with Gasteiger partial charge in [-0.05, 0) is 60.1 Å². The molecule has 0 bridgehead atoms. The van der Waals surface area contributed by atoms with Crippen LogP contribution < -0.4 is 20.9 Å². The molecule has 3 aromatic rings. The van der Waals surface area contributed by atoms with E-state index in [2.05, 4.69) is 20.9 Å². The first-order chi connectivity index (χ1) is 13.8. The molecule has 2 aromatic carbocycles. The molecule has 3 rings (SSSR count). The SMILES string of the molecule is O=C(NNC(=S)Nc1ccc(Cl)cc1)c1ccccc1NS(=O)(=O)c1cccs1. The van der Waals surface area contributed by atoms with Crippen molar-refractivity contribution in [3.63, 3.8) is 0 Å². The molecule has 4 N–H and O–H groups in total. The van der Waals surface area contributed by atoms with Crippen molar-refractivity contribution >= 4 is 67.6 Å². The quantitative estimate of drug-likeness (QED) is 0.337. The van der Waals surface area contributed by atoms with Crippen molar-refractivity contribution in [3.05, 3.63) is 76.6 Å². The van der Waals surface area contributed by atoms with Crippen molar-refractivity contribution in [3.8, 4) is 0 Å². The molecule has 0 radical (unpaired) electrons. The molecule has 0 saturated heterocycles. The zero-order chi connectivity index (χ0) is 20.9. The first-order valence-corrected chi connectivity index (χ1v) is 11.3. The molecule has 0 atom stereocenters. The van der Waals surface area contributed by atoms with Crippen molar-refractivity contribution in [1.82, 2.24) is 10.9 Å². The van der Waals surface area contributed by atoms with Gasteiger partial charge in [0.15, 0.2) is 5.11 Å². The zero-order valence-corrected chi connectivity index (χ0v) is 17.9. The molecule has 0 unspecified atom stereocenters. The van der Waals surface area contributed by atoms with E-state index in [0.717, 1.165) is 11.3 Å². The molecule has 0 spiro atoms. The number of hydrogen-bond donors (Lipinski definition) is 4. The number of benzene rings is 2. The molecule has 0 aliphatic rings. The van der Waals surface area contributed by atoms with Crippen LogP contribution in [0.15, 0.2) is 70.3 Å². The average molecular weight is 467 g/mol. The van der Waals surface area contributed by atoms with Crippen LogP contribution in [-0.4, -0.2) is 19.4 Å². The summed E-state index contributed by atoms with van der Waals surface area (Å²) >= 11 is 12.0. The molecule has 1 heterocycles. The van der Waals surface area contributed by atoms with Crippen LogP contribution >= 0.6 is 35.2 Å². The standard InChI is InChI=1S/C18H15ClN4O3S3/c19-12-7-9-13(10-8-12)20-18(27)22-21-17(24)14-4-1-2-5-15(14)23-29(25,26)16-6-3-11-28-16/h1-11,23H,(H,21,24)(H2,20,22,27). The molecule has 1 aromatic heterocycles. The lowest BCUT2D eigenvalue weighted by Crippen LogP contribution is -2.44. The molecule has 29 heavy (non-hydrogen) atoms. The van der Waals surface area contributed by atoms with E-state index in [9.17, 15) is 13.2 Å². The van der Waals surface area contributed by atoms with Crippen LogP contribution in [0.3, 0.4) is 0 Å². The Morgan fingerprint density at radius 3 is 2.38 bits per heavy atom. The number of nitrogens with one attached hydrogen (secondary N) is 4. The summed E-state index contributed by atoms with van der Waals surface area (Å²) in [6, 6.07) is 16.2. The molecule has 11 heteroatoms. The van der Waals surface area contributed by atoms with E-state index in [4.69, 9.17) is 23.8 Å².